The summed E-state index contributed by atoms with van der Waals surface area (Å²) in [6.07, 6.45) is 0.499. The van der Waals surface area contributed by atoms with E-state index in [0.717, 1.165) is 5.56 Å². The summed E-state index contributed by atoms with van der Waals surface area (Å²) in [6, 6.07) is 16.8. The van der Waals surface area contributed by atoms with Gasteiger partial charge in [0.05, 0.1) is 25.2 Å². The van der Waals surface area contributed by atoms with Crippen LogP contribution in [0.25, 0.3) is 11.4 Å². The summed E-state index contributed by atoms with van der Waals surface area (Å²) in [6.45, 7) is 1.00. The number of aromatic nitrogens is 2. The Hall–Kier alpha value is -2.99. The van der Waals surface area contributed by atoms with Crippen LogP contribution in [-0.4, -0.2) is 22.7 Å². The van der Waals surface area contributed by atoms with Crippen LogP contribution in [0, 0.1) is 0 Å². The molecular weight excluding hydrogens is 306 g/mol. The molecule has 24 heavy (non-hydrogen) atoms. The highest BCUT2D eigenvalue weighted by atomic mass is 16.5. The van der Waals surface area contributed by atoms with Gasteiger partial charge in [0.1, 0.15) is 0 Å². The van der Waals surface area contributed by atoms with Crippen LogP contribution in [0.4, 0.5) is 0 Å². The van der Waals surface area contributed by atoms with Crippen molar-refractivity contribution in [2.75, 3.05) is 6.61 Å². The maximum absolute atomic E-state index is 11.5. The molecule has 0 fully saturated rings. The minimum absolute atomic E-state index is 0.349. The van der Waals surface area contributed by atoms with Crippen molar-refractivity contribution in [3.8, 4) is 11.4 Å². The largest absolute Gasteiger partial charge is 0.376 e. The lowest BCUT2D eigenvalue weighted by atomic mass is 10.1. The number of amides is 1. The van der Waals surface area contributed by atoms with Crippen molar-refractivity contribution >= 4 is 5.91 Å². The summed E-state index contributed by atoms with van der Waals surface area (Å²) < 4.78 is 10.8. The van der Waals surface area contributed by atoms with Gasteiger partial charge in [-0.3, -0.25) is 4.79 Å². The molecule has 0 saturated heterocycles. The first-order valence-corrected chi connectivity index (χ1v) is 7.57. The molecule has 0 saturated carbocycles. The summed E-state index contributed by atoms with van der Waals surface area (Å²) in [5.41, 5.74) is 7.40. The Morgan fingerprint density at radius 3 is 2.62 bits per heavy atom. The van der Waals surface area contributed by atoms with Gasteiger partial charge in [-0.25, -0.2) is 0 Å². The molecule has 122 valence electrons. The zero-order chi connectivity index (χ0) is 16.8. The summed E-state index contributed by atoms with van der Waals surface area (Å²) in [4.78, 5) is 15.8. The molecule has 6 heteroatoms. The minimum Gasteiger partial charge on any atom is -0.376 e. The molecule has 0 bridgehead atoms. The van der Waals surface area contributed by atoms with E-state index < -0.39 is 5.91 Å². The molecular formula is C18H17N3O3. The molecule has 0 radical (unpaired) electrons. The number of nitrogens with zero attached hydrogens (tertiary/aromatic N) is 2. The second kappa shape index (κ2) is 7.52. The average Bonchev–Trinajstić information content (AvgIpc) is 3.08. The lowest BCUT2D eigenvalue weighted by molar-refractivity contribution is 0.100. The first kappa shape index (κ1) is 15.9. The Bertz CT molecular complexity index is 815. The standard InChI is InChI=1S/C18H17N3O3/c19-17(22)14-8-4-5-9-15(14)18-20-16(24-21-18)10-11-23-12-13-6-2-1-3-7-13/h1-9H,10-12H2,(H2,19,22). The van der Waals surface area contributed by atoms with Crippen LogP contribution >= 0.6 is 0 Å². The number of hydrogen-bond acceptors (Lipinski definition) is 5. The Kier molecular flexibility index (Phi) is 4.98. The molecule has 0 aliphatic heterocycles. The Morgan fingerprint density at radius 1 is 1.08 bits per heavy atom. The fourth-order valence-corrected chi connectivity index (χ4v) is 2.28. The highest BCUT2D eigenvalue weighted by Gasteiger charge is 2.14. The van der Waals surface area contributed by atoms with E-state index in [0.29, 0.717) is 42.5 Å². The molecule has 0 aliphatic carbocycles. The second-order valence-electron chi connectivity index (χ2n) is 5.21. The predicted molar refractivity (Wildman–Crippen MR) is 88.1 cm³/mol. The lowest BCUT2D eigenvalue weighted by Crippen LogP contribution is -2.12. The molecule has 3 aromatic rings. The Labute approximate surface area is 139 Å². The molecule has 2 N–H and O–H groups in total. The summed E-state index contributed by atoms with van der Waals surface area (Å²) >= 11 is 0. The molecule has 1 amide bonds. The molecule has 1 aromatic heterocycles. The van der Waals surface area contributed by atoms with E-state index in [2.05, 4.69) is 10.1 Å². The molecule has 0 atom stereocenters. The van der Waals surface area contributed by atoms with Crippen LogP contribution in [0.2, 0.25) is 0 Å². The fourth-order valence-electron chi connectivity index (χ4n) is 2.28. The van der Waals surface area contributed by atoms with Crippen LogP contribution in [0.3, 0.4) is 0 Å². The van der Waals surface area contributed by atoms with Crippen LogP contribution < -0.4 is 5.73 Å². The smallest absolute Gasteiger partial charge is 0.249 e. The first-order chi connectivity index (χ1) is 11.7. The molecule has 3 rings (SSSR count). The van der Waals surface area contributed by atoms with Crippen LogP contribution in [0.1, 0.15) is 21.8 Å². The lowest BCUT2D eigenvalue weighted by Gasteiger charge is -2.02. The van der Waals surface area contributed by atoms with Gasteiger partial charge in [0.15, 0.2) is 0 Å². The van der Waals surface area contributed by atoms with Crippen LogP contribution in [-0.2, 0) is 17.8 Å². The monoisotopic (exact) mass is 323 g/mol. The maximum atomic E-state index is 11.5. The van der Waals surface area contributed by atoms with Gasteiger partial charge in [-0.15, -0.1) is 0 Å². The number of benzene rings is 2. The zero-order valence-corrected chi connectivity index (χ0v) is 13.0. The maximum Gasteiger partial charge on any atom is 0.249 e. The number of carbonyl (C=O) groups is 1. The molecule has 0 aliphatic rings. The van der Waals surface area contributed by atoms with Crippen molar-refractivity contribution in [2.45, 2.75) is 13.0 Å². The predicted octanol–water partition coefficient (Wildman–Crippen LogP) is 2.59. The van der Waals surface area contributed by atoms with E-state index in [4.69, 9.17) is 15.0 Å². The van der Waals surface area contributed by atoms with Crippen molar-refractivity contribution in [3.05, 3.63) is 71.6 Å². The Morgan fingerprint density at radius 2 is 1.83 bits per heavy atom. The fraction of sp³-hybridized carbons (Fsp3) is 0.167. The molecule has 6 nitrogen and oxygen atoms in total. The number of nitrogens with two attached hydrogens (primary N) is 1. The van der Waals surface area contributed by atoms with Gasteiger partial charge >= 0.3 is 0 Å². The van der Waals surface area contributed by atoms with E-state index in [9.17, 15) is 4.79 Å². The molecule has 0 unspecified atom stereocenters. The number of carbonyl (C=O) groups excluding carboxylic acids is 1. The number of hydrogen-bond donors (Lipinski definition) is 1. The van der Waals surface area contributed by atoms with Gasteiger partial charge in [-0.05, 0) is 11.6 Å². The molecule has 2 aromatic carbocycles. The van der Waals surface area contributed by atoms with Gasteiger partial charge in [-0.1, -0.05) is 53.7 Å². The molecule has 1 heterocycles. The van der Waals surface area contributed by atoms with Gasteiger partial charge in [-0.2, -0.15) is 4.98 Å². The van der Waals surface area contributed by atoms with Gasteiger partial charge in [0, 0.05) is 5.56 Å². The van der Waals surface area contributed by atoms with Crippen molar-refractivity contribution in [3.63, 3.8) is 0 Å². The third kappa shape index (κ3) is 3.85. The van der Waals surface area contributed by atoms with E-state index in [1.54, 1.807) is 24.3 Å². The summed E-state index contributed by atoms with van der Waals surface area (Å²) in [7, 11) is 0. The highest BCUT2D eigenvalue weighted by molar-refractivity contribution is 5.98. The third-order valence-corrected chi connectivity index (χ3v) is 3.47. The first-order valence-electron chi connectivity index (χ1n) is 7.57. The van der Waals surface area contributed by atoms with Crippen molar-refractivity contribution < 1.29 is 14.1 Å². The summed E-state index contributed by atoms with van der Waals surface area (Å²) in [5, 5.41) is 3.92. The van der Waals surface area contributed by atoms with Gasteiger partial charge < -0.3 is 15.0 Å². The van der Waals surface area contributed by atoms with E-state index in [-0.39, 0.29) is 0 Å². The van der Waals surface area contributed by atoms with Crippen molar-refractivity contribution in [2.24, 2.45) is 5.73 Å². The topological polar surface area (TPSA) is 91.2 Å². The number of ether oxygens (including phenoxy) is 1. The van der Waals surface area contributed by atoms with Gasteiger partial charge in [0.25, 0.3) is 0 Å². The Balaban J connectivity index is 1.59. The van der Waals surface area contributed by atoms with E-state index in [1.165, 1.54) is 0 Å². The SMILES string of the molecule is NC(=O)c1ccccc1-c1noc(CCOCc2ccccc2)n1. The third-order valence-electron chi connectivity index (χ3n) is 3.47. The van der Waals surface area contributed by atoms with Crippen LogP contribution in [0.15, 0.2) is 59.1 Å². The number of primary amides is 1. The minimum atomic E-state index is -0.525. The average molecular weight is 323 g/mol. The van der Waals surface area contributed by atoms with E-state index >= 15 is 0 Å². The summed E-state index contributed by atoms with van der Waals surface area (Å²) in [5.74, 6) is 0.280. The quantitative estimate of drug-likeness (QED) is 0.675. The normalized spacial score (nSPS) is 10.7. The van der Waals surface area contributed by atoms with Crippen LogP contribution in [0.5, 0.6) is 0 Å². The zero-order valence-electron chi connectivity index (χ0n) is 13.0. The van der Waals surface area contributed by atoms with E-state index in [1.807, 2.05) is 30.3 Å². The molecule has 0 spiro atoms. The second-order valence-corrected chi connectivity index (χ2v) is 5.21. The number of rotatable bonds is 7. The van der Waals surface area contributed by atoms with Gasteiger partial charge in [0.2, 0.25) is 17.6 Å². The van der Waals surface area contributed by atoms with Crippen molar-refractivity contribution in [1.29, 1.82) is 0 Å². The highest BCUT2D eigenvalue weighted by Crippen LogP contribution is 2.20. The van der Waals surface area contributed by atoms with Crippen molar-refractivity contribution in [1.82, 2.24) is 10.1 Å².